The maximum Gasteiger partial charge on any atom is 0.287 e. The molecule has 3 heterocycles. The van der Waals surface area contributed by atoms with Gasteiger partial charge >= 0.3 is 0 Å². The van der Waals surface area contributed by atoms with Gasteiger partial charge in [-0.05, 0) is 32.0 Å². The number of benzene rings is 1. The lowest BCUT2D eigenvalue weighted by atomic mass is 10.2. The van der Waals surface area contributed by atoms with Gasteiger partial charge in [-0.1, -0.05) is 29.5 Å². The summed E-state index contributed by atoms with van der Waals surface area (Å²) in [6.07, 6.45) is 2.19. The Kier molecular flexibility index (Phi) is 4.72. The molecule has 0 aliphatic rings. The van der Waals surface area contributed by atoms with Gasteiger partial charge < -0.3 is 10.3 Å². The Morgan fingerprint density at radius 1 is 1.39 bits per heavy atom. The molecule has 7 nitrogen and oxygen atoms in total. The fraction of sp³-hybridized carbons (Fsp3) is 0.200. The smallest absolute Gasteiger partial charge is 0.287 e. The van der Waals surface area contributed by atoms with Gasteiger partial charge in [0.1, 0.15) is 5.52 Å². The maximum atomic E-state index is 12.4. The lowest BCUT2D eigenvalue weighted by Crippen LogP contribution is -2.32. The number of halogens is 1. The molecule has 28 heavy (non-hydrogen) atoms. The highest BCUT2D eigenvalue weighted by atomic mass is 35.5. The van der Waals surface area contributed by atoms with E-state index in [0.717, 1.165) is 22.2 Å². The van der Waals surface area contributed by atoms with Crippen molar-refractivity contribution in [3.05, 3.63) is 52.6 Å². The normalized spacial score (nSPS) is 12.0. The van der Waals surface area contributed by atoms with E-state index in [1.165, 1.54) is 0 Å². The van der Waals surface area contributed by atoms with Crippen LogP contribution in [0, 0.1) is 18.8 Å². The van der Waals surface area contributed by atoms with Crippen LogP contribution in [0.3, 0.4) is 0 Å². The number of hydrogen-bond donors (Lipinski definition) is 3. The number of para-hydroxylation sites is 1. The standard InChI is InChI=1S/C20H17ClN6O/c1-11(5-3-6-13-9-14-12(2)26-27-18(14)22-10-13)23-20(28)19-24-16-8-4-7-15(21)17(16)25-19/h4,7-11H,5H2,1-2H3,(H,23,28)(H,24,25)(H,22,26,27)/t11-/m0/s1. The van der Waals surface area contributed by atoms with Crippen molar-refractivity contribution in [3.63, 3.8) is 0 Å². The zero-order chi connectivity index (χ0) is 19.7. The molecule has 140 valence electrons. The van der Waals surface area contributed by atoms with Crippen LogP contribution in [-0.2, 0) is 0 Å². The number of aromatic amines is 2. The van der Waals surface area contributed by atoms with Crippen molar-refractivity contribution < 1.29 is 4.79 Å². The summed E-state index contributed by atoms with van der Waals surface area (Å²) in [5, 5.41) is 11.4. The highest BCUT2D eigenvalue weighted by molar-refractivity contribution is 6.35. The van der Waals surface area contributed by atoms with Crippen molar-refractivity contribution in [2.24, 2.45) is 0 Å². The van der Waals surface area contributed by atoms with E-state index in [1.54, 1.807) is 18.3 Å². The molecular weight excluding hydrogens is 376 g/mol. The molecule has 0 unspecified atom stereocenters. The molecule has 1 aromatic carbocycles. The fourth-order valence-corrected chi connectivity index (χ4v) is 3.06. The molecule has 0 radical (unpaired) electrons. The largest absolute Gasteiger partial charge is 0.346 e. The fourth-order valence-electron chi connectivity index (χ4n) is 2.84. The van der Waals surface area contributed by atoms with Crippen LogP contribution < -0.4 is 5.32 Å². The number of hydrogen-bond acceptors (Lipinski definition) is 4. The van der Waals surface area contributed by atoms with Gasteiger partial charge in [-0.15, -0.1) is 0 Å². The van der Waals surface area contributed by atoms with E-state index >= 15 is 0 Å². The minimum atomic E-state index is -0.293. The van der Waals surface area contributed by atoms with Crippen molar-refractivity contribution in [2.75, 3.05) is 0 Å². The molecule has 0 spiro atoms. The Bertz CT molecular complexity index is 1250. The second-order valence-electron chi connectivity index (χ2n) is 6.55. The van der Waals surface area contributed by atoms with Gasteiger partial charge in [-0.2, -0.15) is 5.10 Å². The average molecular weight is 393 g/mol. The Morgan fingerprint density at radius 3 is 3.07 bits per heavy atom. The topological polar surface area (TPSA) is 99.3 Å². The molecule has 1 atom stereocenters. The molecule has 8 heteroatoms. The summed E-state index contributed by atoms with van der Waals surface area (Å²) in [4.78, 5) is 23.9. The van der Waals surface area contributed by atoms with Crippen LogP contribution in [0.1, 0.15) is 35.2 Å². The van der Waals surface area contributed by atoms with E-state index in [-0.39, 0.29) is 17.8 Å². The van der Waals surface area contributed by atoms with Gasteiger partial charge in [0, 0.05) is 35.3 Å². The van der Waals surface area contributed by atoms with E-state index in [4.69, 9.17) is 11.6 Å². The summed E-state index contributed by atoms with van der Waals surface area (Å²) in [6.45, 7) is 3.83. The lowest BCUT2D eigenvalue weighted by Gasteiger charge is -2.08. The third-order valence-corrected chi connectivity index (χ3v) is 4.60. The monoisotopic (exact) mass is 392 g/mol. The number of aryl methyl sites for hydroxylation is 1. The Labute approximate surface area is 165 Å². The van der Waals surface area contributed by atoms with Crippen LogP contribution in [0.25, 0.3) is 22.1 Å². The first-order valence-corrected chi connectivity index (χ1v) is 9.14. The Hall–Kier alpha value is -3.37. The number of nitrogens with zero attached hydrogens (tertiary/aromatic N) is 3. The molecule has 0 bridgehead atoms. The summed E-state index contributed by atoms with van der Waals surface area (Å²) < 4.78 is 0. The maximum absolute atomic E-state index is 12.4. The van der Waals surface area contributed by atoms with Crippen LogP contribution in [0.15, 0.2) is 30.5 Å². The predicted molar refractivity (Wildman–Crippen MR) is 108 cm³/mol. The Morgan fingerprint density at radius 2 is 2.25 bits per heavy atom. The van der Waals surface area contributed by atoms with E-state index < -0.39 is 0 Å². The van der Waals surface area contributed by atoms with Crippen molar-refractivity contribution >= 4 is 39.6 Å². The minimum absolute atomic E-state index is 0.143. The zero-order valence-corrected chi connectivity index (χ0v) is 16.1. The molecule has 0 aliphatic heterocycles. The second-order valence-corrected chi connectivity index (χ2v) is 6.95. The van der Waals surface area contributed by atoms with Crippen LogP contribution >= 0.6 is 11.6 Å². The van der Waals surface area contributed by atoms with E-state index in [0.29, 0.717) is 22.6 Å². The zero-order valence-electron chi connectivity index (χ0n) is 15.3. The average Bonchev–Trinajstić information content (AvgIpc) is 3.27. The van der Waals surface area contributed by atoms with E-state index in [1.807, 2.05) is 26.0 Å². The van der Waals surface area contributed by atoms with Gasteiger partial charge in [0.25, 0.3) is 5.91 Å². The molecular formula is C20H17ClN6O. The summed E-state index contributed by atoms with van der Waals surface area (Å²) in [5.41, 5.74) is 3.75. The highest BCUT2D eigenvalue weighted by Gasteiger charge is 2.14. The Balaban J connectivity index is 1.41. The van der Waals surface area contributed by atoms with Gasteiger partial charge in [-0.25, -0.2) is 9.97 Å². The number of carbonyl (C=O) groups excluding carboxylic acids is 1. The second kappa shape index (κ2) is 7.33. The van der Waals surface area contributed by atoms with Crippen molar-refractivity contribution in [2.45, 2.75) is 26.3 Å². The number of nitrogens with one attached hydrogen (secondary N) is 3. The number of H-pyrrole nitrogens is 2. The molecule has 3 N–H and O–H groups in total. The SMILES string of the molecule is Cc1[nH]nc2ncc(C#CC[C@H](C)NC(=O)c3nc4c(Cl)cccc4[nH]3)cc12. The van der Waals surface area contributed by atoms with Gasteiger partial charge in [0.2, 0.25) is 0 Å². The van der Waals surface area contributed by atoms with Gasteiger partial charge in [0.05, 0.1) is 10.5 Å². The van der Waals surface area contributed by atoms with Crippen molar-refractivity contribution in [1.82, 2.24) is 30.5 Å². The first-order chi connectivity index (χ1) is 13.5. The summed E-state index contributed by atoms with van der Waals surface area (Å²) >= 11 is 6.10. The molecule has 1 amide bonds. The van der Waals surface area contributed by atoms with Crippen LogP contribution in [-0.4, -0.2) is 37.1 Å². The number of fused-ring (bicyclic) bond motifs is 2. The molecule has 0 aliphatic carbocycles. The van der Waals surface area contributed by atoms with Gasteiger partial charge in [0.15, 0.2) is 11.5 Å². The third-order valence-electron chi connectivity index (χ3n) is 4.30. The summed E-state index contributed by atoms with van der Waals surface area (Å²) in [5.74, 6) is 6.10. The number of aromatic nitrogens is 5. The van der Waals surface area contributed by atoms with Crippen LogP contribution in [0.5, 0.6) is 0 Å². The summed E-state index contributed by atoms with van der Waals surface area (Å²) in [7, 11) is 0. The molecule has 0 saturated heterocycles. The van der Waals surface area contributed by atoms with Crippen LogP contribution in [0.2, 0.25) is 5.02 Å². The molecule has 3 aromatic heterocycles. The van der Waals surface area contributed by atoms with Gasteiger partial charge in [-0.3, -0.25) is 9.89 Å². The number of carbonyl (C=O) groups is 1. The van der Waals surface area contributed by atoms with E-state index in [9.17, 15) is 4.79 Å². The number of amides is 1. The quantitative estimate of drug-likeness (QED) is 0.465. The summed E-state index contributed by atoms with van der Waals surface area (Å²) in [6, 6.07) is 7.18. The van der Waals surface area contributed by atoms with Crippen molar-refractivity contribution in [3.8, 4) is 11.8 Å². The molecule has 0 fully saturated rings. The number of rotatable bonds is 3. The number of pyridine rings is 1. The van der Waals surface area contributed by atoms with Crippen molar-refractivity contribution in [1.29, 1.82) is 0 Å². The highest BCUT2D eigenvalue weighted by Crippen LogP contribution is 2.20. The third kappa shape index (κ3) is 3.55. The number of imidazole rings is 1. The molecule has 4 aromatic rings. The predicted octanol–water partition coefficient (Wildman–Crippen LogP) is 3.36. The minimum Gasteiger partial charge on any atom is -0.346 e. The van der Waals surface area contributed by atoms with E-state index in [2.05, 4.69) is 42.3 Å². The first-order valence-electron chi connectivity index (χ1n) is 8.76. The lowest BCUT2D eigenvalue weighted by molar-refractivity contribution is 0.0931. The van der Waals surface area contributed by atoms with Crippen LogP contribution in [0.4, 0.5) is 0 Å². The molecule has 4 rings (SSSR count). The molecule has 0 saturated carbocycles. The first kappa shape index (κ1) is 18.0.